The fourth-order valence-electron chi connectivity index (χ4n) is 3.63. The molecule has 1 aromatic heterocycles. The van der Waals surface area contributed by atoms with Crippen LogP contribution in [-0.2, 0) is 5.75 Å². The summed E-state index contributed by atoms with van der Waals surface area (Å²) in [6.45, 7) is 3.95. The Kier molecular flexibility index (Phi) is 5.17. The quantitative estimate of drug-likeness (QED) is 0.634. The summed E-state index contributed by atoms with van der Waals surface area (Å²) in [6.07, 6.45) is 0.884. The molecule has 28 heavy (non-hydrogen) atoms. The van der Waals surface area contributed by atoms with E-state index in [0.29, 0.717) is 41.6 Å². The molecule has 1 saturated heterocycles. The Morgan fingerprint density at radius 3 is 2.75 bits per heavy atom. The van der Waals surface area contributed by atoms with Crippen molar-refractivity contribution in [2.45, 2.75) is 24.0 Å². The molecular weight excluding hydrogens is 375 g/mol. The molecule has 2 aromatic carbocycles. The van der Waals surface area contributed by atoms with Gasteiger partial charge in [-0.15, -0.1) is 11.8 Å². The number of amides is 1. The van der Waals surface area contributed by atoms with Crippen LogP contribution < -0.4 is 5.73 Å². The van der Waals surface area contributed by atoms with Crippen molar-refractivity contribution in [2.24, 2.45) is 11.1 Å². The lowest BCUT2D eigenvalue weighted by Crippen LogP contribution is -2.34. The fraction of sp³-hybridized carbons (Fsp3) is 0.318. The van der Waals surface area contributed by atoms with Crippen LogP contribution in [0.15, 0.2) is 57.8 Å². The van der Waals surface area contributed by atoms with Gasteiger partial charge in [0, 0.05) is 34.7 Å². The molecule has 4 rings (SSSR count). The first-order valence-electron chi connectivity index (χ1n) is 9.38. The summed E-state index contributed by atoms with van der Waals surface area (Å²) in [5.41, 5.74) is 7.33. The van der Waals surface area contributed by atoms with Crippen molar-refractivity contribution in [1.29, 1.82) is 0 Å². The van der Waals surface area contributed by atoms with Gasteiger partial charge in [0.15, 0.2) is 5.76 Å². The normalized spacial score (nSPS) is 19.5. The first-order chi connectivity index (χ1) is 13.5. The summed E-state index contributed by atoms with van der Waals surface area (Å²) < 4.78 is 20.0. The Balaban J connectivity index is 1.66. The van der Waals surface area contributed by atoms with E-state index in [1.54, 1.807) is 12.1 Å². The fourth-order valence-corrected chi connectivity index (χ4v) is 4.60. The average Bonchev–Trinajstić information content (AvgIpc) is 3.28. The lowest BCUT2D eigenvalue weighted by atomic mass is 9.90. The molecule has 4 nitrogen and oxygen atoms in total. The van der Waals surface area contributed by atoms with Crippen molar-refractivity contribution in [3.8, 4) is 0 Å². The number of nitrogens with two attached hydrogens (primary N) is 1. The Hall–Kier alpha value is -2.31. The van der Waals surface area contributed by atoms with E-state index in [1.807, 2.05) is 35.2 Å². The summed E-state index contributed by atoms with van der Waals surface area (Å²) >= 11 is 1.37. The SMILES string of the molecule is CC1(CN)CCN(C(=O)c2oc3ccccc3c2CSc2ccccc2F)C1. The molecule has 2 N–H and O–H groups in total. The number of carbonyl (C=O) groups is 1. The molecule has 6 heteroatoms. The zero-order valence-corrected chi connectivity index (χ0v) is 16.6. The molecule has 0 spiro atoms. The van der Waals surface area contributed by atoms with E-state index >= 15 is 0 Å². The highest BCUT2D eigenvalue weighted by Gasteiger charge is 2.37. The minimum Gasteiger partial charge on any atom is -0.451 e. The molecule has 3 aromatic rings. The first-order valence-corrected chi connectivity index (χ1v) is 10.4. The number of halogens is 1. The molecule has 1 aliphatic heterocycles. The van der Waals surface area contributed by atoms with Gasteiger partial charge in [-0.2, -0.15) is 0 Å². The highest BCUT2D eigenvalue weighted by molar-refractivity contribution is 7.98. The van der Waals surface area contributed by atoms with Crippen molar-refractivity contribution in [2.75, 3.05) is 19.6 Å². The molecule has 0 bridgehead atoms. The average molecular weight is 399 g/mol. The third kappa shape index (κ3) is 3.54. The Labute approximate surface area is 167 Å². The van der Waals surface area contributed by atoms with E-state index in [4.69, 9.17) is 10.2 Å². The lowest BCUT2D eigenvalue weighted by molar-refractivity contribution is 0.0746. The number of fused-ring (bicyclic) bond motifs is 1. The minimum absolute atomic E-state index is 0.0518. The second kappa shape index (κ2) is 7.60. The number of hydrogen-bond donors (Lipinski definition) is 1. The summed E-state index contributed by atoms with van der Waals surface area (Å²) in [7, 11) is 0. The molecule has 2 heterocycles. The maximum Gasteiger partial charge on any atom is 0.289 e. The molecule has 1 fully saturated rings. The summed E-state index contributed by atoms with van der Waals surface area (Å²) in [4.78, 5) is 15.6. The molecule has 1 aliphatic rings. The molecular formula is C22H23FN2O2S. The van der Waals surface area contributed by atoms with Crippen LogP contribution in [0.1, 0.15) is 29.5 Å². The lowest BCUT2D eigenvalue weighted by Gasteiger charge is -2.22. The van der Waals surface area contributed by atoms with Crippen molar-refractivity contribution in [3.63, 3.8) is 0 Å². The third-order valence-electron chi connectivity index (χ3n) is 5.44. The van der Waals surface area contributed by atoms with Crippen molar-refractivity contribution in [3.05, 3.63) is 65.7 Å². The molecule has 146 valence electrons. The smallest absolute Gasteiger partial charge is 0.289 e. The number of likely N-dealkylation sites (tertiary alicyclic amines) is 1. The number of rotatable bonds is 5. The second-order valence-electron chi connectivity index (χ2n) is 7.62. The van der Waals surface area contributed by atoms with Gasteiger partial charge in [-0.05, 0) is 36.6 Å². The number of furan rings is 1. The van der Waals surface area contributed by atoms with E-state index in [-0.39, 0.29) is 17.1 Å². The maximum absolute atomic E-state index is 14.0. The van der Waals surface area contributed by atoms with Crippen LogP contribution in [0.2, 0.25) is 0 Å². The van der Waals surface area contributed by atoms with Crippen LogP contribution in [0, 0.1) is 11.2 Å². The summed E-state index contributed by atoms with van der Waals surface area (Å²) in [6, 6.07) is 14.3. The number of carbonyl (C=O) groups excluding carboxylic acids is 1. The van der Waals surface area contributed by atoms with Crippen LogP contribution in [-0.4, -0.2) is 30.4 Å². The van der Waals surface area contributed by atoms with Crippen LogP contribution >= 0.6 is 11.8 Å². The maximum atomic E-state index is 14.0. The van der Waals surface area contributed by atoms with Gasteiger partial charge in [0.05, 0.1) is 0 Å². The topological polar surface area (TPSA) is 59.5 Å². The van der Waals surface area contributed by atoms with Crippen molar-refractivity contribution in [1.82, 2.24) is 4.90 Å². The molecule has 1 unspecified atom stereocenters. The number of para-hydroxylation sites is 1. The van der Waals surface area contributed by atoms with Gasteiger partial charge < -0.3 is 15.1 Å². The van der Waals surface area contributed by atoms with Crippen LogP contribution in [0.4, 0.5) is 4.39 Å². The van der Waals surface area contributed by atoms with Crippen LogP contribution in [0.5, 0.6) is 0 Å². The van der Waals surface area contributed by atoms with Gasteiger partial charge in [0.2, 0.25) is 0 Å². The predicted molar refractivity (Wildman–Crippen MR) is 110 cm³/mol. The molecule has 1 amide bonds. The Morgan fingerprint density at radius 1 is 1.25 bits per heavy atom. The number of thioether (sulfide) groups is 1. The summed E-state index contributed by atoms with van der Waals surface area (Å²) in [5.74, 6) is 0.441. The van der Waals surface area contributed by atoms with Gasteiger partial charge in [-0.1, -0.05) is 37.3 Å². The molecule has 0 radical (unpaired) electrons. The van der Waals surface area contributed by atoms with E-state index in [9.17, 15) is 9.18 Å². The zero-order valence-electron chi connectivity index (χ0n) is 15.8. The molecule has 0 aliphatic carbocycles. The summed E-state index contributed by atoms with van der Waals surface area (Å²) in [5, 5.41) is 0.899. The number of hydrogen-bond acceptors (Lipinski definition) is 4. The van der Waals surface area contributed by atoms with Crippen molar-refractivity contribution >= 4 is 28.6 Å². The number of benzene rings is 2. The van der Waals surface area contributed by atoms with Gasteiger partial charge in [0.1, 0.15) is 11.4 Å². The third-order valence-corrected chi connectivity index (χ3v) is 6.51. The predicted octanol–water partition coefficient (Wildman–Crippen LogP) is 4.68. The zero-order chi connectivity index (χ0) is 19.7. The number of nitrogens with zero attached hydrogens (tertiary/aromatic N) is 1. The van der Waals surface area contributed by atoms with Crippen LogP contribution in [0.3, 0.4) is 0 Å². The second-order valence-corrected chi connectivity index (χ2v) is 8.63. The largest absolute Gasteiger partial charge is 0.451 e. The van der Waals surface area contributed by atoms with Crippen molar-refractivity contribution < 1.29 is 13.6 Å². The Morgan fingerprint density at radius 2 is 2.00 bits per heavy atom. The van der Waals surface area contributed by atoms with Gasteiger partial charge in [0.25, 0.3) is 5.91 Å². The Bertz CT molecular complexity index is 1020. The van der Waals surface area contributed by atoms with Gasteiger partial charge in [-0.25, -0.2) is 4.39 Å². The van der Waals surface area contributed by atoms with Gasteiger partial charge >= 0.3 is 0 Å². The van der Waals surface area contributed by atoms with E-state index in [0.717, 1.165) is 17.4 Å². The highest BCUT2D eigenvalue weighted by Crippen LogP contribution is 2.35. The highest BCUT2D eigenvalue weighted by atomic mass is 32.2. The van der Waals surface area contributed by atoms with Crippen LogP contribution in [0.25, 0.3) is 11.0 Å². The van der Waals surface area contributed by atoms with E-state index < -0.39 is 0 Å². The van der Waals surface area contributed by atoms with E-state index in [2.05, 4.69) is 6.92 Å². The molecule has 0 saturated carbocycles. The molecule has 1 atom stereocenters. The van der Waals surface area contributed by atoms with E-state index in [1.165, 1.54) is 17.8 Å². The van der Waals surface area contributed by atoms with Gasteiger partial charge in [-0.3, -0.25) is 4.79 Å². The minimum atomic E-state index is -0.258. The standard InChI is InChI=1S/C22H23FN2O2S/c1-22(13-24)10-11-25(14-22)21(26)20-16(15-6-2-4-8-18(15)27-20)12-28-19-9-5-3-7-17(19)23/h2-9H,10-14,24H2,1H3. The first kappa shape index (κ1) is 19.0. The monoisotopic (exact) mass is 398 g/mol.